The summed E-state index contributed by atoms with van der Waals surface area (Å²) in [4.78, 5) is 15.2. The Morgan fingerprint density at radius 2 is 1.69 bits per heavy atom. The lowest BCUT2D eigenvalue weighted by Gasteiger charge is -2.27. The summed E-state index contributed by atoms with van der Waals surface area (Å²) in [6.07, 6.45) is 4.16. The van der Waals surface area contributed by atoms with Crippen molar-refractivity contribution < 1.29 is 18.7 Å². The second kappa shape index (κ2) is 12.6. The van der Waals surface area contributed by atoms with E-state index in [0.717, 1.165) is 28.3 Å². The van der Waals surface area contributed by atoms with Gasteiger partial charge in [0.25, 0.3) is 0 Å². The molecule has 35 heavy (non-hydrogen) atoms. The molecule has 0 radical (unpaired) electrons. The van der Waals surface area contributed by atoms with E-state index in [0.29, 0.717) is 23.9 Å². The molecule has 2 aliphatic heterocycles. The third kappa shape index (κ3) is 8.20. The number of benzene rings is 2. The number of amides is 1. The third-order valence-corrected chi connectivity index (χ3v) is 7.80. The summed E-state index contributed by atoms with van der Waals surface area (Å²) >= 11 is 2.25. The number of rotatable bonds is 10. The topological polar surface area (TPSA) is 64.6 Å². The van der Waals surface area contributed by atoms with Crippen LogP contribution in [0.25, 0.3) is 0 Å². The molecule has 2 heterocycles. The summed E-state index contributed by atoms with van der Waals surface area (Å²) in [5, 5.41) is 17.2. The highest BCUT2D eigenvalue weighted by molar-refractivity contribution is 14.1. The van der Waals surface area contributed by atoms with Gasteiger partial charge in [0.05, 0.1) is 18.7 Å². The first-order valence-electron chi connectivity index (χ1n) is 12.4. The minimum atomic E-state index is -0.923. The van der Waals surface area contributed by atoms with Crippen LogP contribution in [-0.2, 0) is 17.8 Å². The number of carbonyl (C=O) groups excluding carboxylic acids is 1. The van der Waals surface area contributed by atoms with E-state index in [1.165, 1.54) is 37.8 Å². The van der Waals surface area contributed by atoms with Gasteiger partial charge in [-0.1, -0.05) is 12.1 Å². The molecule has 3 N–H and O–H groups in total. The molecule has 1 saturated carbocycles. The largest absolute Gasteiger partial charge is 0.390 e. The SMILES string of the molecule is O=C(CN1CC2CCC(CC2)C1)N[C@@H](Cc1cc(F)cc(F)c1)[C@H](O)CNCc1cccc(I)c1. The van der Waals surface area contributed by atoms with E-state index in [9.17, 15) is 18.7 Å². The van der Waals surface area contributed by atoms with Crippen LogP contribution in [0.15, 0.2) is 42.5 Å². The highest BCUT2D eigenvalue weighted by Gasteiger charge is 2.31. The summed E-state index contributed by atoms with van der Waals surface area (Å²) in [6, 6.07) is 10.7. The Kier molecular flexibility index (Phi) is 9.49. The Hall–Kier alpha value is -1.62. The van der Waals surface area contributed by atoms with Crippen LogP contribution in [0.2, 0.25) is 0 Å². The summed E-state index contributed by atoms with van der Waals surface area (Å²) in [7, 11) is 0. The number of aliphatic hydroxyl groups excluding tert-OH is 1. The van der Waals surface area contributed by atoms with Crippen LogP contribution >= 0.6 is 22.6 Å². The molecule has 5 rings (SSSR count). The minimum Gasteiger partial charge on any atom is -0.390 e. The number of hydrogen-bond donors (Lipinski definition) is 3. The number of nitrogens with zero attached hydrogens (tertiary/aromatic N) is 1. The van der Waals surface area contributed by atoms with E-state index in [2.05, 4.69) is 44.2 Å². The Balaban J connectivity index is 1.38. The summed E-state index contributed by atoms with van der Waals surface area (Å²) in [6.45, 7) is 2.96. The van der Waals surface area contributed by atoms with Crippen LogP contribution in [0.1, 0.15) is 36.8 Å². The molecule has 2 saturated heterocycles. The predicted octanol–water partition coefficient (Wildman–Crippen LogP) is 3.87. The quantitative estimate of drug-likeness (QED) is 0.364. The maximum Gasteiger partial charge on any atom is 0.234 e. The van der Waals surface area contributed by atoms with Gasteiger partial charge in [0.1, 0.15) is 11.6 Å². The molecule has 0 unspecified atom stereocenters. The van der Waals surface area contributed by atoms with E-state index >= 15 is 0 Å². The highest BCUT2D eigenvalue weighted by Crippen LogP contribution is 2.33. The van der Waals surface area contributed by atoms with Crippen molar-refractivity contribution in [1.82, 2.24) is 15.5 Å². The zero-order valence-electron chi connectivity index (χ0n) is 19.9. The van der Waals surface area contributed by atoms with Crippen molar-refractivity contribution in [1.29, 1.82) is 0 Å². The van der Waals surface area contributed by atoms with Crippen molar-refractivity contribution in [2.75, 3.05) is 26.2 Å². The normalized spacial score (nSPS) is 21.9. The van der Waals surface area contributed by atoms with Crippen molar-refractivity contribution in [3.63, 3.8) is 0 Å². The second-order valence-corrected chi connectivity index (χ2v) is 11.3. The van der Waals surface area contributed by atoms with Crippen molar-refractivity contribution >= 4 is 28.5 Å². The van der Waals surface area contributed by atoms with E-state index < -0.39 is 23.8 Å². The predicted molar refractivity (Wildman–Crippen MR) is 141 cm³/mol. The lowest BCUT2D eigenvalue weighted by atomic mass is 9.84. The maximum atomic E-state index is 13.8. The first kappa shape index (κ1) is 26.4. The second-order valence-electron chi connectivity index (χ2n) is 10.1. The molecule has 1 aliphatic carbocycles. The van der Waals surface area contributed by atoms with Crippen molar-refractivity contribution in [3.8, 4) is 0 Å². The van der Waals surface area contributed by atoms with Gasteiger partial charge in [0.2, 0.25) is 5.91 Å². The fourth-order valence-electron chi connectivity index (χ4n) is 5.41. The molecule has 2 aromatic rings. The number of aliphatic hydroxyl groups is 1. The lowest BCUT2D eigenvalue weighted by Crippen LogP contribution is -2.51. The number of fused-ring (bicyclic) bond motifs is 4. The Morgan fingerprint density at radius 3 is 2.31 bits per heavy atom. The van der Waals surface area contributed by atoms with Gasteiger partial charge in [-0.2, -0.15) is 0 Å². The fraction of sp³-hybridized carbons (Fsp3) is 0.519. The summed E-state index contributed by atoms with van der Waals surface area (Å²) in [5.74, 6) is -0.190. The van der Waals surface area contributed by atoms with Crippen LogP contribution in [-0.4, -0.2) is 54.2 Å². The van der Waals surface area contributed by atoms with Crippen LogP contribution < -0.4 is 10.6 Å². The summed E-state index contributed by atoms with van der Waals surface area (Å²) in [5.41, 5.74) is 1.49. The molecule has 5 nitrogen and oxygen atoms in total. The van der Waals surface area contributed by atoms with Crippen LogP contribution in [0.3, 0.4) is 0 Å². The average Bonchev–Trinajstić information content (AvgIpc) is 3.10. The van der Waals surface area contributed by atoms with Crippen molar-refractivity contribution in [3.05, 3.63) is 68.8 Å². The van der Waals surface area contributed by atoms with Gasteiger partial charge in [0.15, 0.2) is 0 Å². The zero-order chi connectivity index (χ0) is 24.8. The van der Waals surface area contributed by atoms with E-state index in [1.54, 1.807) is 0 Å². The molecule has 0 spiro atoms. The molecule has 2 atom stereocenters. The molecule has 3 aliphatic rings. The first-order chi connectivity index (χ1) is 16.8. The minimum absolute atomic E-state index is 0.137. The van der Waals surface area contributed by atoms with Gasteiger partial charge in [-0.15, -0.1) is 0 Å². The maximum absolute atomic E-state index is 13.8. The Bertz CT molecular complexity index is 966. The monoisotopic (exact) mass is 597 g/mol. The summed E-state index contributed by atoms with van der Waals surface area (Å²) < 4.78 is 28.7. The average molecular weight is 597 g/mol. The first-order valence-corrected chi connectivity index (χ1v) is 13.5. The van der Waals surface area contributed by atoms with Gasteiger partial charge >= 0.3 is 0 Å². The molecule has 190 valence electrons. The third-order valence-electron chi connectivity index (χ3n) is 7.13. The van der Waals surface area contributed by atoms with Gasteiger partial charge < -0.3 is 15.7 Å². The van der Waals surface area contributed by atoms with Crippen molar-refractivity contribution in [2.45, 2.75) is 50.8 Å². The molecule has 3 fully saturated rings. The molecular weight excluding hydrogens is 563 g/mol. The van der Waals surface area contributed by atoms with E-state index in [-0.39, 0.29) is 25.4 Å². The van der Waals surface area contributed by atoms with Gasteiger partial charge in [-0.25, -0.2) is 8.78 Å². The number of carbonyl (C=O) groups is 1. The zero-order valence-corrected chi connectivity index (χ0v) is 22.0. The van der Waals surface area contributed by atoms with Crippen LogP contribution in [0.4, 0.5) is 8.78 Å². The number of halogens is 3. The molecule has 2 bridgehead atoms. The molecule has 8 heteroatoms. The van der Waals surface area contributed by atoms with Gasteiger partial charge in [0, 0.05) is 35.8 Å². The molecule has 0 aromatic heterocycles. The van der Waals surface area contributed by atoms with Crippen LogP contribution in [0, 0.1) is 27.0 Å². The number of hydrogen-bond acceptors (Lipinski definition) is 4. The molecule has 1 amide bonds. The standard InChI is InChI=1S/C27H34F2IN3O2/c28-22-8-21(9-23(29)12-22)11-25(26(34)14-31-13-20-2-1-3-24(30)10-20)32-27(35)17-33-15-18-4-5-19(16-33)7-6-18/h1-3,8-10,12,18-19,25-26,31,34H,4-7,11,13-17H2,(H,32,35)/t18?,19?,25-,26+/m0/s1. The molecular formula is C27H34F2IN3O2. The molecule has 2 aromatic carbocycles. The Morgan fingerprint density at radius 1 is 1.03 bits per heavy atom. The lowest BCUT2D eigenvalue weighted by molar-refractivity contribution is -0.123. The smallest absolute Gasteiger partial charge is 0.234 e. The van der Waals surface area contributed by atoms with Crippen molar-refractivity contribution in [2.24, 2.45) is 11.8 Å². The fourth-order valence-corrected chi connectivity index (χ4v) is 6.01. The van der Waals surface area contributed by atoms with Crippen LogP contribution in [0.5, 0.6) is 0 Å². The van der Waals surface area contributed by atoms with Gasteiger partial charge in [-0.05, 0) is 102 Å². The number of nitrogens with one attached hydrogen (secondary N) is 2. The van der Waals surface area contributed by atoms with E-state index in [4.69, 9.17) is 0 Å². The van der Waals surface area contributed by atoms with Gasteiger partial charge in [-0.3, -0.25) is 9.69 Å². The Labute approximate surface area is 219 Å². The highest BCUT2D eigenvalue weighted by atomic mass is 127. The van der Waals surface area contributed by atoms with E-state index in [1.807, 2.05) is 18.2 Å².